The van der Waals surface area contributed by atoms with Crippen molar-refractivity contribution in [2.45, 2.75) is 32.1 Å². The van der Waals surface area contributed by atoms with Crippen molar-refractivity contribution in [1.82, 2.24) is 25.0 Å². The Morgan fingerprint density at radius 2 is 2.28 bits per heavy atom. The summed E-state index contributed by atoms with van der Waals surface area (Å²) in [4.78, 5) is 4.11. The molecule has 0 spiro atoms. The van der Waals surface area contributed by atoms with Crippen LogP contribution in [0, 0.1) is 0 Å². The van der Waals surface area contributed by atoms with Crippen LogP contribution < -0.4 is 5.32 Å². The molecule has 2 aromatic rings. The second kappa shape index (κ2) is 5.12. The Labute approximate surface area is 105 Å². The number of rotatable bonds is 4. The molecule has 2 heterocycles. The molecule has 1 N–H and O–H groups in total. The number of hydrogen-bond acceptors (Lipinski definition) is 5. The highest BCUT2D eigenvalue weighted by Gasteiger charge is 2.05. The SMILES string of the molecule is C1=C(CCNc2cncc3nnnn23)CCCC1. The first-order valence-electron chi connectivity index (χ1n) is 6.37. The molecule has 0 aromatic carbocycles. The standard InChI is InChI=1S/C12H16N6/c1-2-4-10(5-3-1)6-7-14-11-8-13-9-12-15-16-17-18(11)12/h4,8-9,14H,1-3,5-7H2. The van der Waals surface area contributed by atoms with Gasteiger partial charge in [0, 0.05) is 6.54 Å². The van der Waals surface area contributed by atoms with Crippen LogP contribution in [-0.4, -0.2) is 31.6 Å². The Bertz CT molecular complexity index is 558. The fraction of sp³-hybridized carbons (Fsp3) is 0.500. The highest BCUT2D eigenvalue weighted by atomic mass is 15.5. The van der Waals surface area contributed by atoms with E-state index >= 15 is 0 Å². The summed E-state index contributed by atoms with van der Waals surface area (Å²) in [5.74, 6) is 0.842. The van der Waals surface area contributed by atoms with Gasteiger partial charge in [0.25, 0.3) is 0 Å². The van der Waals surface area contributed by atoms with Crippen molar-refractivity contribution >= 4 is 11.5 Å². The van der Waals surface area contributed by atoms with Crippen LogP contribution in [0.3, 0.4) is 0 Å². The highest BCUT2D eigenvalue weighted by molar-refractivity contribution is 5.43. The van der Waals surface area contributed by atoms with Gasteiger partial charge in [0.05, 0.1) is 12.4 Å². The molecule has 18 heavy (non-hydrogen) atoms. The maximum Gasteiger partial charge on any atom is 0.199 e. The lowest BCUT2D eigenvalue weighted by Crippen LogP contribution is -2.08. The first-order chi connectivity index (χ1) is 8.93. The Kier molecular flexibility index (Phi) is 3.16. The molecule has 94 valence electrons. The lowest BCUT2D eigenvalue weighted by Gasteiger charge is -2.13. The van der Waals surface area contributed by atoms with Crippen molar-refractivity contribution < 1.29 is 0 Å². The van der Waals surface area contributed by atoms with Crippen molar-refractivity contribution in [1.29, 1.82) is 0 Å². The number of aromatic nitrogens is 5. The summed E-state index contributed by atoms with van der Waals surface area (Å²) >= 11 is 0. The van der Waals surface area contributed by atoms with E-state index in [-0.39, 0.29) is 0 Å². The van der Waals surface area contributed by atoms with E-state index in [4.69, 9.17) is 0 Å². The maximum absolute atomic E-state index is 4.11. The third-order valence-corrected chi connectivity index (χ3v) is 3.25. The van der Waals surface area contributed by atoms with Crippen LogP contribution in [-0.2, 0) is 0 Å². The molecule has 0 saturated heterocycles. The normalized spacial score (nSPS) is 15.7. The average molecular weight is 244 g/mol. The highest BCUT2D eigenvalue weighted by Crippen LogP contribution is 2.20. The Morgan fingerprint density at radius 1 is 1.28 bits per heavy atom. The minimum Gasteiger partial charge on any atom is -0.368 e. The minimum absolute atomic E-state index is 0.664. The molecular weight excluding hydrogens is 228 g/mol. The van der Waals surface area contributed by atoms with Gasteiger partial charge in [-0.05, 0) is 42.5 Å². The van der Waals surface area contributed by atoms with Gasteiger partial charge in [-0.1, -0.05) is 11.6 Å². The molecule has 1 aliphatic carbocycles. The molecule has 0 aliphatic heterocycles. The number of nitrogens with zero attached hydrogens (tertiary/aromatic N) is 5. The molecule has 0 fully saturated rings. The number of allylic oxidation sites excluding steroid dienone is 1. The fourth-order valence-electron chi connectivity index (χ4n) is 2.28. The van der Waals surface area contributed by atoms with E-state index < -0.39 is 0 Å². The first kappa shape index (κ1) is 11.1. The van der Waals surface area contributed by atoms with Crippen LogP contribution in [0.1, 0.15) is 32.1 Å². The third kappa shape index (κ3) is 2.32. The van der Waals surface area contributed by atoms with Gasteiger partial charge in [-0.3, -0.25) is 4.98 Å². The number of fused-ring (bicyclic) bond motifs is 1. The van der Waals surface area contributed by atoms with Crippen LogP contribution in [0.25, 0.3) is 5.65 Å². The van der Waals surface area contributed by atoms with E-state index in [1.807, 2.05) is 0 Å². The van der Waals surface area contributed by atoms with Crippen molar-refractivity contribution in [3.63, 3.8) is 0 Å². The zero-order valence-corrected chi connectivity index (χ0v) is 10.2. The zero-order chi connectivity index (χ0) is 12.2. The number of tetrazole rings is 1. The monoisotopic (exact) mass is 244 g/mol. The first-order valence-corrected chi connectivity index (χ1v) is 6.37. The number of anilines is 1. The molecular formula is C12H16N6. The summed E-state index contributed by atoms with van der Waals surface area (Å²) in [6.07, 6.45) is 12.0. The minimum atomic E-state index is 0.664. The summed E-state index contributed by atoms with van der Waals surface area (Å²) in [6, 6.07) is 0. The van der Waals surface area contributed by atoms with Crippen molar-refractivity contribution in [2.24, 2.45) is 0 Å². The van der Waals surface area contributed by atoms with E-state index in [0.29, 0.717) is 5.65 Å². The van der Waals surface area contributed by atoms with Crippen LogP contribution in [0.15, 0.2) is 24.0 Å². The molecule has 6 nitrogen and oxygen atoms in total. The van der Waals surface area contributed by atoms with Gasteiger partial charge in [-0.25, -0.2) is 0 Å². The molecule has 0 saturated carbocycles. The summed E-state index contributed by atoms with van der Waals surface area (Å²) in [5, 5.41) is 14.8. The summed E-state index contributed by atoms with van der Waals surface area (Å²) in [6.45, 7) is 0.895. The molecule has 0 amide bonds. The van der Waals surface area contributed by atoms with Gasteiger partial charge in [-0.15, -0.1) is 5.10 Å². The van der Waals surface area contributed by atoms with E-state index in [1.165, 1.54) is 25.7 Å². The van der Waals surface area contributed by atoms with E-state index in [1.54, 1.807) is 22.5 Å². The average Bonchev–Trinajstić information content (AvgIpc) is 2.89. The van der Waals surface area contributed by atoms with Crippen molar-refractivity contribution in [3.05, 3.63) is 24.0 Å². The van der Waals surface area contributed by atoms with E-state index in [0.717, 1.165) is 18.8 Å². The fourth-order valence-corrected chi connectivity index (χ4v) is 2.28. The lowest BCUT2D eigenvalue weighted by atomic mass is 9.97. The Balaban J connectivity index is 1.62. The van der Waals surface area contributed by atoms with Gasteiger partial charge in [0.2, 0.25) is 0 Å². The zero-order valence-electron chi connectivity index (χ0n) is 10.2. The van der Waals surface area contributed by atoms with Crippen molar-refractivity contribution in [3.8, 4) is 0 Å². The topological polar surface area (TPSA) is 68.0 Å². The second-order valence-electron chi connectivity index (χ2n) is 4.53. The quantitative estimate of drug-likeness (QED) is 0.831. The van der Waals surface area contributed by atoms with Crippen LogP contribution in [0.4, 0.5) is 5.82 Å². The summed E-state index contributed by atoms with van der Waals surface area (Å²) in [5.41, 5.74) is 2.22. The van der Waals surface area contributed by atoms with Crippen LogP contribution in [0.5, 0.6) is 0 Å². The second-order valence-corrected chi connectivity index (χ2v) is 4.53. The predicted octanol–water partition coefficient (Wildman–Crippen LogP) is 1.82. The van der Waals surface area contributed by atoms with Crippen molar-refractivity contribution in [2.75, 3.05) is 11.9 Å². The van der Waals surface area contributed by atoms with Gasteiger partial charge in [-0.2, -0.15) is 4.52 Å². The predicted molar refractivity (Wildman–Crippen MR) is 68.2 cm³/mol. The number of nitrogens with one attached hydrogen (secondary N) is 1. The maximum atomic E-state index is 4.11. The molecule has 2 aromatic heterocycles. The Hall–Kier alpha value is -1.98. The van der Waals surface area contributed by atoms with Crippen LogP contribution in [0.2, 0.25) is 0 Å². The van der Waals surface area contributed by atoms with Gasteiger partial charge in [0.15, 0.2) is 5.65 Å². The van der Waals surface area contributed by atoms with Crippen LogP contribution >= 0.6 is 0 Å². The molecule has 0 unspecified atom stereocenters. The smallest absolute Gasteiger partial charge is 0.199 e. The molecule has 3 rings (SSSR count). The van der Waals surface area contributed by atoms with Gasteiger partial charge < -0.3 is 5.32 Å². The summed E-state index contributed by atoms with van der Waals surface area (Å²) in [7, 11) is 0. The van der Waals surface area contributed by atoms with E-state index in [2.05, 4.69) is 31.9 Å². The van der Waals surface area contributed by atoms with Gasteiger partial charge in [0.1, 0.15) is 5.82 Å². The third-order valence-electron chi connectivity index (χ3n) is 3.25. The lowest BCUT2D eigenvalue weighted by molar-refractivity contribution is 0.678. The number of hydrogen-bond donors (Lipinski definition) is 1. The van der Waals surface area contributed by atoms with E-state index in [9.17, 15) is 0 Å². The molecule has 6 heteroatoms. The Morgan fingerprint density at radius 3 is 3.17 bits per heavy atom. The molecule has 0 bridgehead atoms. The van der Waals surface area contributed by atoms with Gasteiger partial charge >= 0.3 is 0 Å². The molecule has 0 atom stereocenters. The molecule has 1 aliphatic rings. The largest absolute Gasteiger partial charge is 0.368 e. The summed E-state index contributed by atoms with van der Waals surface area (Å²) < 4.78 is 1.67. The molecule has 0 radical (unpaired) electrons.